The molecule has 2 aliphatic heterocycles. The minimum Gasteiger partial charge on any atom is -0.363 e. The van der Waals surface area contributed by atoms with E-state index >= 15 is 8.78 Å². The molecule has 1 atom stereocenters. The number of H-pyrrole nitrogens is 1. The summed E-state index contributed by atoms with van der Waals surface area (Å²) in [6.07, 6.45) is 1.10. The van der Waals surface area contributed by atoms with E-state index in [0.717, 1.165) is 4.90 Å². The van der Waals surface area contributed by atoms with Gasteiger partial charge in [-0.25, -0.2) is 22.5 Å². The summed E-state index contributed by atoms with van der Waals surface area (Å²) in [5, 5.41) is 4.32. The van der Waals surface area contributed by atoms with Gasteiger partial charge in [-0.15, -0.1) is 0 Å². The summed E-state index contributed by atoms with van der Waals surface area (Å²) in [5.41, 5.74) is 2.78. The molecular formula is C24H20F4N6O. The monoisotopic (exact) mass is 484 g/mol. The largest absolute Gasteiger partial charge is 0.363 e. The lowest BCUT2D eigenvalue weighted by Crippen LogP contribution is -2.31. The molecule has 180 valence electrons. The molecule has 2 aromatic carbocycles. The van der Waals surface area contributed by atoms with Gasteiger partial charge in [0.2, 0.25) is 0 Å². The standard InChI is InChI=1S/C24H20F4N6O/c1-12-18-21(31-32(12)2)23(35)34(13-3-5-15-16(9-13)30-11-29-15)22(18)14-4-6-17(20(26)19(14)25)33-8-7-24(27,28)10-33/h3-6,9,11,22H,7-8,10H2,1-2H3,(H,29,30). The Morgan fingerprint density at radius 3 is 2.69 bits per heavy atom. The number of alkyl halides is 2. The van der Waals surface area contributed by atoms with Gasteiger partial charge in [-0.3, -0.25) is 14.4 Å². The van der Waals surface area contributed by atoms with Crippen LogP contribution in [0.4, 0.5) is 28.9 Å². The zero-order valence-corrected chi connectivity index (χ0v) is 18.8. The minimum atomic E-state index is -2.96. The van der Waals surface area contributed by atoms with Gasteiger partial charge >= 0.3 is 0 Å². The first kappa shape index (κ1) is 21.6. The van der Waals surface area contributed by atoms with Crippen LogP contribution in [0.5, 0.6) is 0 Å². The van der Waals surface area contributed by atoms with Gasteiger partial charge < -0.3 is 9.88 Å². The van der Waals surface area contributed by atoms with Crippen molar-refractivity contribution in [3.05, 3.63) is 70.8 Å². The Morgan fingerprint density at radius 1 is 1.14 bits per heavy atom. The van der Waals surface area contributed by atoms with E-state index in [-0.39, 0.29) is 23.5 Å². The van der Waals surface area contributed by atoms with Crippen LogP contribution in [0, 0.1) is 18.6 Å². The van der Waals surface area contributed by atoms with Gasteiger partial charge in [0.1, 0.15) is 0 Å². The number of hydrogen-bond acceptors (Lipinski definition) is 4. The number of amides is 1. The van der Waals surface area contributed by atoms with E-state index in [4.69, 9.17) is 0 Å². The highest BCUT2D eigenvalue weighted by Gasteiger charge is 2.45. The fourth-order valence-corrected chi connectivity index (χ4v) is 5.06. The minimum absolute atomic E-state index is 0.0766. The average Bonchev–Trinajstić information content (AvgIpc) is 3.56. The predicted molar refractivity (Wildman–Crippen MR) is 121 cm³/mol. The Morgan fingerprint density at radius 2 is 1.94 bits per heavy atom. The molecule has 1 amide bonds. The molecule has 0 aliphatic carbocycles. The summed E-state index contributed by atoms with van der Waals surface area (Å²) < 4.78 is 59.9. The highest BCUT2D eigenvalue weighted by Crippen LogP contribution is 2.45. The summed E-state index contributed by atoms with van der Waals surface area (Å²) in [6, 6.07) is 6.80. The van der Waals surface area contributed by atoms with Gasteiger partial charge in [0.25, 0.3) is 11.8 Å². The number of aromatic amines is 1. The molecule has 0 saturated carbocycles. The first-order chi connectivity index (χ1) is 16.7. The molecule has 0 radical (unpaired) electrons. The number of nitrogens with zero attached hydrogens (tertiary/aromatic N) is 5. The first-order valence-corrected chi connectivity index (χ1v) is 11.1. The lowest BCUT2D eigenvalue weighted by atomic mass is 9.97. The number of halogens is 4. The Labute approximate surface area is 197 Å². The average molecular weight is 484 g/mol. The van der Waals surface area contributed by atoms with Crippen molar-refractivity contribution in [3.63, 3.8) is 0 Å². The van der Waals surface area contributed by atoms with E-state index in [0.29, 0.717) is 28.0 Å². The highest BCUT2D eigenvalue weighted by atomic mass is 19.3. The third-order valence-electron chi connectivity index (χ3n) is 6.91. The number of hydrogen-bond donors (Lipinski definition) is 1. The van der Waals surface area contributed by atoms with E-state index in [2.05, 4.69) is 15.1 Å². The van der Waals surface area contributed by atoms with Crippen LogP contribution >= 0.6 is 0 Å². The topological polar surface area (TPSA) is 70.0 Å². The first-order valence-electron chi connectivity index (χ1n) is 11.1. The number of imidazole rings is 1. The molecule has 6 rings (SSSR count). The second-order valence-corrected chi connectivity index (χ2v) is 8.98. The Bertz CT molecular complexity index is 1510. The summed E-state index contributed by atoms with van der Waals surface area (Å²) in [7, 11) is 1.67. The van der Waals surface area contributed by atoms with Crippen molar-refractivity contribution in [2.75, 3.05) is 22.9 Å². The molecule has 1 unspecified atom stereocenters. The molecule has 1 fully saturated rings. The van der Waals surface area contributed by atoms with Crippen molar-refractivity contribution in [2.45, 2.75) is 25.3 Å². The molecule has 7 nitrogen and oxygen atoms in total. The number of rotatable bonds is 3. The molecule has 2 aromatic heterocycles. The number of fused-ring (bicyclic) bond motifs is 2. The Balaban J connectivity index is 1.50. The second-order valence-electron chi connectivity index (χ2n) is 8.98. The normalized spacial score (nSPS) is 19.3. The van der Waals surface area contributed by atoms with E-state index in [1.807, 2.05) is 0 Å². The van der Waals surface area contributed by atoms with Crippen LogP contribution in [0.15, 0.2) is 36.7 Å². The Kier molecular flexibility index (Phi) is 4.51. The van der Waals surface area contributed by atoms with Crippen molar-refractivity contribution >= 4 is 28.3 Å². The lowest BCUT2D eigenvalue weighted by molar-refractivity contribution is 0.0256. The number of nitrogens with one attached hydrogen (secondary N) is 1. The van der Waals surface area contributed by atoms with Crippen molar-refractivity contribution in [3.8, 4) is 0 Å². The van der Waals surface area contributed by atoms with Crippen molar-refractivity contribution in [2.24, 2.45) is 7.05 Å². The maximum absolute atomic E-state index is 15.6. The van der Waals surface area contributed by atoms with E-state index in [9.17, 15) is 13.6 Å². The van der Waals surface area contributed by atoms with Crippen LogP contribution in [0.1, 0.15) is 39.8 Å². The third kappa shape index (κ3) is 3.14. The van der Waals surface area contributed by atoms with E-state index in [1.165, 1.54) is 28.0 Å². The number of benzene rings is 2. The molecule has 0 bridgehead atoms. The second kappa shape index (κ2) is 7.30. The van der Waals surface area contributed by atoms with Crippen LogP contribution in [0.2, 0.25) is 0 Å². The van der Waals surface area contributed by atoms with Gasteiger partial charge in [0.15, 0.2) is 17.3 Å². The maximum Gasteiger partial charge on any atom is 0.280 e. The number of anilines is 2. The number of carbonyl (C=O) groups is 1. The fraction of sp³-hybridized carbons (Fsp3) is 0.292. The van der Waals surface area contributed by atoms with Gasteiger partial charge in [0.05, 0.1) is 35.6 Å². The molecule has 1 N–H and O–H groups in total. The van der Waals surface area contributed by atoms with Crippen LogP contribution < -0.4 is 9.80 Å². The number of aryl methyl sites for hydroxylation is 1. The zero-order valence-electron chi connectivity index (χ0n) is 18.8. The summed E-state index contributed by atoms with van der Waals surface area (Å²) in [4.78, 5) is 23.2. The van der Waals surface area contributed by atoms with Crippen molar-refractivity contribution < 1.29 is 22.4 Å². The van der Waals surface area contributed by atoms with Crippen LogP contribution in [-0.2, 0) is 7.05 Å². The lowest BCUT2D eigenvalue weighted by Gasteiger charge is -2.28. The molecule has 11 heteroatoms. The van der Waals surface area contributed by atoms with Crippen LogP contribution in [0.3, 0.4) is 0 Å². The predicted octanol–water partition coefficient (Wildman–Crippen LogP) is 4.48. The third-order valence-corrected chi connectivity index (χ3v) is 6.91. The molecule has 1 saturated heterocycles. The van der Waals surface area contributed by atoms with Gasteiger partial charge in [-0.05, 0) is 31.2 Å². The van der Waals surface area contributed by atoms with Crippen LogP contribution in [0.25, 0.3) is 11.0 Å². The quantitative estimate of drug-likeness (QED) is 0.436. The Hall–Kier alpha value is -3.89. The van der Waals surface area contributed by atoms with Gasteiger partial charge in [-0.2, -0.15) is 5.10 Å². The maximum atomic E-state index is 15.6. The van der Waals surface area contributed by atoms with Crippen molar-refractivity contribution in [1.82, 2.24) is 19.7 Å². The summed E-state index contributed by atoms with van der Waals surface area (Å²) in [6.45, 7) is 1.00. The summed E-state index contributed by atoms with van der Waals surface area (Å²) >= 11 is 0. The smallest absolute Gasteiger partial charge is 0.280 e. The van der Waals surface area contributed by atoms with Crippen molar-refractivity contribution in [1.29, 1.82) is 0 Å². The van der Waals surface area contributed by atoms with E-state index < -0.39 is 42.5 Å². The molecule has 4 aromatic rings. The SMILES string of the molecule is Cc1c2c(nn1C)C(=O)N(c1ccc3nc[nH]c3c1)C2c1ccc(N2CCC(F)(F)C2)c(F)c1F. The van der Waals surface area contributed by atoms with Gasteiger partial charge in [-0.1, -0.05) is 6.07 Å². The zero-order chi connectivity index (χ0) is 24.6. The fourth-order valence-electron chi connectivity index (χ4n) is 5.06. The molecule has 2 aliphatic rings. The molecular weight excluding hydrogens is 464 g/mol. The molecule has 35 heavy (non-hydrogen) atoms. The molecule has 0 spiro atoms. The number of carbonyl (C=O) groups excluding carboxylic acids is 1. The molecule has 4 heterocycles. The van der Waals surface area contributed by atoms with Gasteiger partial charge in [0, 0.05) is 42.5 Å². The summed E-state index contributed by atoms with van der Waals surface area (Å²) in [5.74, 6) is -5.80. The number of aromatic nitrogens is 4. The highest BCUT2D eigenvalue weighted by molar-refractivity contribution is 6.11. The van der Waals surface area contributed by atoms with E-state index in [1.54, 1.807) is 32.2 Å². The van der Waals surface area contributed by atoms with Crippen LogP contribution in [-0.4, -0.2) is 44.7 Å².